The molecule has 0 bridgehead atoms. The van der Waals surface area contributed by atoms with E-state index in [2.05, 4.69) is 21.2 Å². The standard InChI is InChI=1S/C23H21BrN2O2/c1-26(21(27)16-25-23(28)18-12-6-3-7-13-18)22(17-10-4-2-5-11-17)19-14-8-9-15-20(19)24/h2-15,22H,16H2,1H3,(H,25,28). The Bertz CT molecular complexity index is 945. The van der Waals surface area contributed by atoms with Gasteiger partial charge in [0.1, 0.15) is 0 Å². The number of amides is 2. The van der Waals surface area contributed by atoms with Crippen LogP contribution in [0.2, 0.25) is 0 Å². The van der Waals surface area contributed by atoms with Crippen LogP contribution >= 0.6 is 15.9 Å². The van der Waals surface area contributed by atoms with Crippen LogP contribution in [0, 0.1) is 0 Å². The first-order valence-electron chi connectivity index (χ1n) is 8.96. The lowest BCUT2D eigenvalue weighted by atomic mass is 9.97. The van der Waals surface area contributed by atoms with Crippen molar-refractivity contribution < 1.29 is 9.59 Å². The summed E-state index contributed by atoms with van der Waals surface area (Å²) in [7, 11) is 1.76. The van der Waals surface area contributed by atoms with E-state index in [1.807, 2.05) is 60.7 Å². The molecule has 4 nitrogen and oxygen atoms in total. The summed E-state index contributed by atoms with van der Waals surface area (Å²) in [6.07, 6.45) is 0. The number of likely N-dealkylation sites (N-methyl/N-ethyl adjacent to an activating group) is 1. The summed E-state index contributed by atoms with van der Waals surface area (Å²) in [6.45, 7) is -0.0714. The molecule has 2 amide bonds. The number of hydrogen-bond acceptors (Lipinski definition) is 2. The minimum absolute atomic E-state index is 0.0714. The van der Waals surface area contributed by atoms with Gasteiger partial charge in [0.25, 0.3) is 5.91 Å². The van der Waals surface area contributed by atoms with Gasteiger partial charge in [0.15, 0.2) is 0 Å². The van der Waals surface area contributed by atoms with E-state index in [4.69, 9.17) is 0 Å². The molecule has 5 heteroatoms. The van der Waals surface area contributed by atoms with E-state index in [1.54, 1.807) is 36.2 Å². The fourth-order valence-corrected chi connectivity index (χ4v) is 3.56. The maximum absolute atomic E-state index is 12.9. The molecule has 0 aliphatic rings. The van der Waals surface area contributed by atoms with Crippen LogP contribution in [0.15, 0.2) is 89.4 Å². The summed E-state index contributed by atoms with van der Waals surface area (Å²) in [5.74, 6) is -0.437. The number of nitrogens with zero attached hydrogens (tertiary/aromatic N) is 1. The third kappa shape index (κ3) is 4.67. The van der Waals surface area contributed by atoms with Gasteiger partial charge in [-0.15, -0.1) is 0 Å². The molecule has 0 heterocycles. The zero-order valence-corrected chi connectivity index (χ0v) is 17.1. The summed E-state index contributed by atoms with van der Waals surface area (Å²) in [4.78, 5) is 26.8. The quantitative estimate of drug-likeness (QED) is 0.621. The molecule has 0 spiro atoms. The molecule has 0 saturated heterocycles. The number of carbonyl (C=O) groups excluding carboxylic acids is 2. The summed E-state index contributed by atoms with van der Waals surface area (Å²) in [5.41, 5.74) is 2.52. The second-order valence-corrected chi connectivity index (χ2v) is 7.24. The van der Waals surface area contributed by atoms with Gasteiger partial charge in [0.2, 0.25) is 5.91 Å². The highest BCUT2D eigenvalue weighted by atomic mass is 79.9. The van der Waals surface area contributed by atoms with Crippen molar-refractivity contribution in [3.63, 3.8) is 0 Å². The van der Waals surface area contributed by atoms with Crippen molar-refractivity contribution in [3.8, 4) is 0 Å². The molecular weight excluding hydrogens is 416 g/mol. The van der Waals surface area contributed by atoms with Crippen molar-refractivity contribution >= 4 is 27.7 Å². The molecule has 0 aromatic heterocycles. The first-order valence-corrected chi connectivity index (χ1v) is 9.75. The van der Waals surface area contributed by atoms with Crippen molar-refractivity contribution in [1.82, 2.24) is 10.2 Å². The van der Waals surface area contributed by atoms with Crippen LogP contribution in [0.1, 0.15) is 27.5 Å². The first kappa shape index (κ1) is 19.8. The fraction of sp³-hybridized carbons (Fsp3) is 0.130. The highest BCUT2D eigenvalue weighted by molar-refractivity contribution is 9.10. The zero-order chi connectivity index (χ0) is 19.9. The normalized spacial score (nSPS) is 11.5. The van der Waals surface area contributed by atoms with Crippen LogP contribution in [-0.2, 0) is 4.79 Å². The van der Waals surface area contributed by atoms with Crippen molar-refractivity contribution in [1.29, 1.82) is 0 Å². The lowest BCUT2D eigenvalue weighted by molar-refractivity contribution is -0.130. The van der Waals surface area contributed by atoms with Gasteiger partial charge >= 0.3 is 0 Å². The number of nitrogens with one attached hydrogen (secondary N) is 1. The smallest absolute Gasteiger partial charge is 0.251 e. The van der Waals surface area contributed by atoms with Gasteiger partial charge in [-0.3, -0.25) is 9.59 Å². The Labute approximate surface area is 173 Å². The number of benzene rings is 3. The van der Waals surface area contributed by atoms with Crippen LogP contribution in [0.5, 0.6) is 0 Å². The Kier molecular flexibility index (Phi) is 6.61. The molecule has 0 radical (unpaired) electrons. The largest absolute Gasteiger partial charge is 0.343 e. The zero-order valence-electron chi connectivity index (χ0n) is 15.5. The van der Waals surface area contributed by atoms with Gasteiger partial charge in [0.05, 0.1) is 12.6 Å². The number of carbonyl (C=O) groups is 2. The first-order chi connectivity index (χ1) is 13.6. The van der Waals surface area contributed by atoms with Crippen LogP contribution in [0.4, 0.5) is 0 Å². The van der Waals surface area contributed by atoms with E-state index >= 15 is 0 Å². The Morgan fingerprint density at radius 2 is 1.46 bits per heavy atom. The van der Waals surface area contributed by atoms with Gasteiger partial charge in [-0.05, 0) is 29.3 Å². The van der Waals surface area contributed by atoms with Crippen LogP contribution in [-0.4, -0.2) is 30.3 Å². The highest BCUT2D eigenvalue weighted by Crippen LogP contribution is 2.32. The Morgan fingerprint density at radius 1 is 0.893 bits per heavy atom. The molecule has 1 unspecified atom stereocenters. The third-order valence-electron chi connectivity index (χ3n) is 4.53. The fourth-order valence-electron chi connectivity index (χ4n) is 3.06. The second kappa shape index (κ2) is 9.33. The monoisotopic (exact) mass is 436 g/mol. The molecule has 0 fully saturated rings. The lowest BCUT2D eigenvalue weighted by Gasteiger charge is -2.30. The molecule has 3 aromatic rings. The Balaban J connectivity index is 1.79. The maximum atomic E-state index is 12.9. The average molecular weight is 437 g/mol. The molecule has 3 rings (SSSR count). The van der Waals surface area contributed by atoms with Crippen LogP contribution < -0.4 is 5.32 Å². The third-order valence-corrected chi connectivity index (χ3v) is 5.25. The molecule has 0 saturated carbocycles. The Hall–Kier alpha value is -2.92. The van der Waals surface area contributed by atoms with Gasteiger partial charge in [-0.25, -0.2) is 0 Å². The molecule has 28 heavy (non-hydrogen) atoms. The van der Waals surface area contributed by atoms with E-state index in [9.17, 15) is 9.59 Å². The lowest BCUT2D eigenvalue weighted by Crippen LogP contribution is -2.40. The minimum Gasteiger partial charge on any atom is -0.343 e. The number of rotatable bonds is 6. The van der Waals surface area contributed by atoms with Gasteiger partial charge in [-0.1, -0.05) is 82.7 Å². The van der Waals surface area contributed by atoms with Gasteiger partial charge in [-0.2, -0.15) is 0 Å². The Morgan fingerprint density at radius 3 is 2.11 bits per heavy atom. The molecular formula is C23H21BrN2O2. The van der Waals surface area contributed by atoms with Crippen molar-refractivity contribution in [2.24, 2.45) is 0 Å². The predicted octanol–water partition coefficient (Wildman–Crippen LogP) is 4.43. The SMILES string of the molecule is CN(C(=O)CNC(=O)c1ccccc1)C(c1ccccc1)c1ccccc1Br. The van der Waals surface area contributed by atoms with E-state index in [0.29, 0.717) is 5.56 Å². The summed E-state index contributed by atoms with van der Waals surface area (Å²) in [6, 6.07) is 26.3. The molecule has 0 aliphatic heterocycles. The molecule has 3 aromatic carbocycles. The minimum atomic E-state index is -0.266. The molecule has 1 atom stereocenters. The van der Waals surface area contributed by atoms with Crippen molar-refractivity contribution in [3.05, 3.63) is 106 Å². The average Bonchev–Trinajstić information content (AvgIpc) is 2.74. The number of halogens is 1. The van der Waals surface area contributed by atoms with E-state index in [0.717, 1.165) is 15.6 Å². The van der Waals surface area contributed by atoms with Crippen molar-refractivity contribution in [2.75, 3.05) is 13.6 Å². The summed E-state index contributed by atoms with van der Waals surface area (Å²) >= 11 is 3.60. The summed E-state index contributed by atoms with van der Waals surface area (Å²) < 4.78 is 0.928. The maximum Gasteiger partial charge on any atom is 0.251 e. The van der Waals surface area contributed by atoms with Crippen molar-refractivity contribution in [2.45, 2.75) is 6.04 Å². The van der Waals surface area contributed by atoms with E-state index < -0.39 is 0 Å². The highest BCUT2D eigenvalue weighted by Gasteiger charge is 2.25. The van der Waals surface area contributed by atoms with Gasteiger partial charge in [0, 0.05) is 17.1 Å². The number of hydrogen-bond donors (Lipinski definition) is 1. The van der Waals surface area contributed by atoms with Crippen LogP contribution in [0.3, 0.4) is 0 Å². The second-order valence-electron chi connectivity index (χ2n) is 6.39. The topological polar surface area (TPSA) is 49.4 Å². The molecule has 0 aliphatic carbocycles. The van der Waals surface area contributed by atoms with Gasteiger partial charge < -0.3 is 10.2 Å². The molecule has 142 valence electrons. The van der Waals surface area contributed by atoms with E-state index in [-0.39, 0.29) is 24.4 Å². The summed E-state index contributed by atoms with van der Waals surface area (Å²) in [5, 5.41) is 2.71. The van der Waals surface area contributed by atoms with Crippen LogP contribution in [0.25, 0.3) is 0 Å². The van der Waals surface area contributed by atoms with E-state index in [1.165, 1.54) is 0 Å². The predicted molar refractivity (Wildman–Crippen MR) is 114 cm³/mol. The molecule has 1 N–H and O–H groups in total.